The summed E-state index contributed by atoms with van der Waals surface area (Å²) in [4.78, 5) is 19.3. The maximum absolute atomic E-state index is 13.6. The third-order valence-electron chi connectivity index (χ3n) is 2.25. The summed E-state index contributed by atoms with van der Waals surface area (Å²) in [6.07, 6.45) is 2.68. The van der Waals surface area contributed by atoms with Crippen LogP contribution in [-0.4, -0.2) is 15.8 Å². The highest BCUT2D eigenvalue weighted by molar-refractivity contribution is 6.30. The van der Waals surface area contributed by atoms with Crippen LogP contribution in [0.4, 0.5) is 4.39 Å². The molecule has 3 nitrogen and oxygen atoms in total. The van der Waals surface area contributed by atoms with Crippen LogP contribution in [-0.2, 0) is 6.42 Å². The largest absolute Gasteiger partial charge is 0.292 e. The van der Waals surface area contributed by atoms with E-state index in [2.05, 4.69) is 9.97 Å². The van der Waals surface area contributed by atoms with E-state index in [0.717, 1.165) is 0 Å². The predicted molar refractivity (Wildman–Crippen MR) is 61.5 cm³/mol. The molecule has 0 aliphatic carbocycles. The predicted octanol–water partition coefficient (Wildman–Crippen LogP) is 2.69. The van der Waals surface area contributed by atoms with E-state index >= 15 is 0 Å². The minimum atomic E-state index is -0.559. The molecule has 0 aliphatic heterocycles. The van der Waals surface area contributed by atoms with Crippen LogP contribution in [0.3, 0.4) is 0 Å². The molecule has 1 aromatic carbocycles. The van der Waals surface area contributed by atoms with Crippen molar-refractivity contribution in [1.29, 1.82) is 0 Å². The highest BCUT2D eigenvalue weighted by atomic mass is 35.5. The number of halogens is 2. The number of ketones is 1. The van der Waals surface area contributed by atoms with Gasteiger partial charge >= 0.3 is 0 Å². The van der Waals surface area contributed by atoms with Gasteiger partial charge in [0.05, 0.1) is 5.02 Å². The lowest BCUT2D eigenvalue weighted by molar-refractivity contribution is 0.0987. The summed E-state index contributed by atoms with van der Waals surface area (Å²) in [5, 5.41) is 0.0120. The molecule has 17 heavy (non-hydrogen) atoms. The van der Waals surface area contributed by atoms with Crippen LogP contribution in [0.15, 0.2) is 36.8 Å². The van der Waals surface area contributed by atoms with Crippen LogP contribution in [0.1, 0.15) is 16.1 Å². The van der Waals surface area contributed by atoms with E-state index in [0.29, 0.717) is 0 Å². The average molecular weight is 251 g/mol. The maximum Gasteiger partial charge on any atom is 0.185 e. The lowest BCUT2D eigenvalue weighted by Crippen LogP contribution is -2.07. The quantitative estimate of drug-likeness (QED) is 0.787. The molecule has 0 fully saturated rings. The first-order valence-electron chi connectivity index (χ1n) is 4.90. The summed E-state index contributed by atoms with van der Waals surface area (Å²) in [6, 6.07) is 6.06. The number of rotatable bonds is 3. The first-order chi connectivity index (χ1) is 8.18. The fourth-order valence-corrected chi connectivity index (χ4v) is 1.60. The summed E-state index contributed by atoms with van der Waals surface area (Å²) < 4.78 is 13.6. The van der Waals surface area contributed by atoms with Gasteiger partial charge in [-0.05, 0) is 17.7 Å². The molecular formula is C12H8ClFN2O. The van der Waals surface area contributed by atoms with Crippen LogP contribution in [0.5, 0.6) is 0 Å². The van der Waals surface area contributed by atoms with E-state index in [1.54, 1.807) is 6.07 Å². The second-order valence-corrected chi connectivity index (χ2v) is 3.81. The molecule has 2 rings (SSSR count). The molecule has 0 aliphatic rings. The van der Waals surface area contributed by atoms with Crippen LogP contribution in [0, 0.1) is 5.82 Å². The standard InChI is InChI=1S/C12H8ClFN2O/c13-9-3-1-2-8(12(9)14)6-11(17)10-4-5-15-7-16-10/h1-5,7H,6H2. The van der Waals surface area contributed by atoms with E-state index in [9.17, 15) is 9.18 Å². The molecule has 0 atom stereocenters. The zero-order valence-corrected chi connectivity index (χ0v) is 9.49. The number of hydrogen-bond acceptors (Lipinski definition) is 3. The maximum atomic E-state index is 13.6. The molecule has 0 saturated heterocycles. The van der Waals surface area contributed by atoms with Gasteiger partial charge in [-0.2, -0.15) is 0 Å². The molecule has 5 heteroatoms. The highest BCUT2D eigenvalue weighted by Gasteiger charge is 2.12. The van der Waals surface area contributed by atoms with E-state index in [1.807, 2.05) is 0 Å². The molecule has 0 amide bonds. The Bertz CT molecular complexity index is 545. The van der Waals surface area contributed by atoms with Gasteiger partial charge in [-0.15, -0.1) is 0 Å². The Morgan fingerprint density at radius 1 is 1.35 bits per heavy atom. The van der Waals surface area contributed by atoms with Gasteiger partial charge in [-0.1, -0.05) is 23.7 Å². The van der Waals surface area contributed by atoms with E-state index in [-0.39, 0.29) is 28.5 Å². The molecule has 0 bridgehead atoms. The number of nitrogens with zero attached hydrogens (tertiary/aromatic N) is 2. The van der Waals surface area contributed by atoms with Gasteiger partial charge in [0.1, 0.15) is 17.8 Å². The lowest BCUT2D eigenvalue weighted by atomic mass is 10.1. The Kier molecular flexibility index (Phi) is 3.44. The highest BCUT2D eigenvalue weighted by Crippen LogP contribution is 2.19. The van der Waals surface area contributed by atoms with Crippen LogP contribution >= 0.6 is 11.6 Å². The molecule has 2 aromatic rings. The summed E-state index contributed by atoms with van der Waals surface area (Å²) in [7, 11) is 0. The van der Waals surface area contributed by atoms with Gasteiger partial charge in [0.2, 0.25) is 0 Å². The van der Waals surface area contributed by atoms with Crippen molar-refractivity contribution in [2.24, 2.45) is 0 Å². The van der Waals surface area contributed by atoms with Crippen molar-refractivity contribution in [2.45, 2.75) is 6.42 Å². The Morgan fingerprint density at radius 2 is 2.18 bits per heavy atom. The Balaban J connectivity index is 2.22. The first-order valence-corrected chi connectivity index (χ1v) is 5.28. The molecule has 0 radical (unpaired) electrons. The SMILES string of the molecule is O=C(Cc1cccc(Cl)c1F)c1ccncn1. The van der Waals surface area contributed by atoms with Crippen molar-refractivity contribution in [3.8, 4) is 0 Å². The van der Waals surface area contributed by atoms with Crippen molar-refractivity contribution in [1.82, 2.24) is 9.97 Å². The molecule has 0 spiro atoms. The zero-order chi connectivity index (χ0) is 12.3. The lowest BCUT2D eigenvalue weighted by Gasteiger charge is -2.03. The minimum Gasteiger partial charge on any atom is -0.292 e. The summed E-state index contributed by atoms with van der Waals surface area (Å²) in [6.45, 7) is 0. The fraction of sp³-hybridized carbons (Fsp3) is 0.0833. The van der Waals surface area contributed by atoms with Crippen molar-refractivity contribution < 1.29 is 9.18 Å². The Morgan fingerprint density at radius 3 is 2.88 bits per heavy atom. The summed E-state index contributed by atoms with van der Waals surface area (Å²) in [5.41, 5.74) is 0.528. The minimum absolute atomic E-state index is 0.0120. The van der Waals surface area contributed by atoms with Crippen molar-refractivity contribution in [3.63, 3.8) is 0 Å². The van der Waals surface area contributed by atoms with Crippen LogP contribution < -0.4 is 0 Å². The van der Waals surface area contributed by atoms with E-state index < -0.39 is 5.82 Å². The third-order valence-corrected chi connectivity index (χ3v) is 2.54. The summed E-state index contributed by atoms with van der Waals surface area (Å²) >= 11 is 5.63. The number of carbonyl (C=O) groups excluding carboxylic acids is 1. The normalized spacial score (nSPS) is 10.2. The molecule has 0 unspecified atom stereocenters. The molecule has 1 heterocycles. The van der Waals surface area contributed by atoms with Gasteiger partial charge < -0.3 is 0 Å². The average Bonchev–Trinajstić information content (AvgIpc) is 2.36. The zero-order valence-electron chi connectivity index (χ0n) is 8.73. The van der Waals surface area contributed by atoms with Crippen LogP contribution in [0.2, 0.25) is 5.02 Å². The molecule has 0 saturated carbocycles. The molecule has 86 valence electrons. The van der Waals surface area contributed by atoms with Crippen molar-refractivity contribution in [3.05, 3.63) is 58.9 Å². The number of aromatic nitrogens is 2. The molecular weight excluding hydrogens is 243 g/mol. The van der Waals surface area contributed by atoms with Gasteiger partial charge in [-0.25, -0.2) is 14.4 Å². The monoisotopic (exact) mass is 250 g/mol. The second-order valence-electron chi connectivity index (χ2n) is 3.41. The number of carbonyl (C=O) groups is 1. The fourth-order valence-electron chi connectivity index (χ4n) is 1.40. The topological polar surface area (TPSA) is 42.9 Å². The van der Waals surface area contributed by atoms with Crippen molar-refractivity contribution in [2.75, 3.05) is 0 Å². The van der Waals surface area contributed by atoms with Gasteiger partial charge in [0.25, 0.3) is 0 Å². The number of benzene rings is 1. The van der Waals surface area contributed by atoms with Gasteiger partial charge in [0.15, 0.2) is 5.78 Å². The van der Waals surface area contributed by atoms with E-state index in [4.69, 9.17) is 11.6 Å². The number of hydrogen-bond donors (Lipinski definition) is 0. The number of Topliss-reactive ketones (excluding diaryl/α,β-unsaturated/α-hetero) is 1. The van der Waals surface area contributed by atoms with Gasteiger partial charge in [-0.3, -0.25) is 4.79 Å². The smallest absolute Gasteiger partial charge is 0.185 e. The first kappa shape index (κ1) is 11.7. The molecule has 0 N–H and O–H groups in total. The summed E-state index contributed by atoms with van der Waals surface area (Å²) in [5.74, 6) is -0.829. The van der Waals surface area contributed by atoms with E-state index in [1.165, 1.54) is 30.7 Å². The van der Waals surface area contributed by atoms with Gasteiger partial charge in [0, 0.05) is 12.6 Å². The third kappa shape index (κ3) is 2.65. The molecule has 1 aromatic heterocycles. The Labute approximate surface area is 102 Å². The Hall–Kier alpha value is -1.81. The van der Waals surface area contributed by atoms with Crippen molar-refractivity contribution >= 4 is 17.4 Å². The van der Waals surface area contributed by atoms with Crippen LogP contribution in [0.25, 0.3) is 0 Å². The second kappa shape index (κ2) is 5.01.